The van der Waals surface area contributed by atoms with Crippen molar-refractivity contribution in [2.75, 3.05) is 0 Å². The lowest BCUT2D eigenvalue weighted by Crippen LogP contribution is -2.44. The van der Waals surface area contributed by atoms with E-state index in [1.807, 2.05) is 18.2 Å². The maximum Gasteiger partial charge on any atom is 0.236 e. The van der Waals surface area contributed by atoms with Gasteiger partial charge in [0.15, 0.2) is 0 Å². The van der Waals surface area contributed by atoms with E-state index in [1.165, 1.54) is 5.56 Å². The summed E-state index contributed by atoms with van der Waals surface area (Å²) in [7, 11) is 0. The molecule has 0 radical (unpaired) electrons. The van der Waals surface area contributed by atoms with Gasteiger partial charge in [-0.2, -0.15) is 0 Å². The lowest BCUT2D eigenvalue weighted by atomic mass is 10.0. The second-order valence-corrected chi connectivity index (χ2v) is 4.81. The van der Waals surface area contributed by atoms with Gasteiger partial charge in [-0.1, -0.05) is 43.7 Å². The third kappa shape index (κ3) is 5.32. The summed E-state index contributed by atoms with van der Waals surface area (Å²) in [6.07, 6.45) is 4.03. The van der Waals surface area contributed by atoms with Crippen molar-refractivity contribution in [3.05, 3.63) is 35.9 Å². The Morgan fingerprint density at radius 3 is 2.50 bits per heavy atom. The Morgan fingerprint density at radius 2 is 1.94 bits per heavy atom. The van der Waals surface area contributed by atoms with Gasteiger partial charge in [-0.05, 0) is 31.7 Å². The third-order valence-electron chi connectivity index (χ3n) is 3.02. The summed E-state index contributed by atoms with van der Waals surface area (Å²) in [6, 6.07) is 10.2. The number of hydrogen-bond acceptors (Lipinski definition) is 2. The van der Waals surface area contributed by atoms with Crippen molar-refractivity contribution in [2.24, 2.45) is 5.73 Å². The summed E-state index contributed by atoms with van der Waals surface area (Å²) in [5, 5.41) is 3.02. The van der Waals surface area contributed by atoms with Gasteiger partial charge in [-0.25, -0.2) is 0 Å². The van der Waals surface area contributed by atoms with Gasteiger partial charge >= 0.3 is 0 Å². The van der Waals surface area contributed by atoms with E-state index < -0.39 is 6.04 Å². The molecule has 3 nitrogen and oxygen atoms in total. The second kappa shape index (κ2) is 7.88. The van der Waals surface area contributed by atoms with Crippen LogP contribution in [0.2, 0.25) is 0 Å². The van der Waals surface area contributed by atoms with Crippen molar-refractivity contribution in [3.63, 3.8) is 0 Å². The van der Waals surface area contributed by atoms with Gasteiger partial charge in [0.05, 0.1) is 6.04 Å². The van der Waals surface area contributed by atoms with Gasteiger partial charge in [-0.3, -0.25) is 4.79 Å². The Labute approximate surface area is 110 Å². The summed E-state index contributed by atoms with van der Waals surface area (Å²) in [5.41, 5.74) is 6.89. The van der Waals surface area contributed by atoms with E-state index >= 15 is 0 Å². The van der Waals surface area contributed by atoms with Crippen LogP contribution in [0, 0.1) is 0 Å². The lowest BCUT2D eigenvalue weighted by Gasteiger charge is -2.19. The normalized spacial score (nSPS) is 13.9. The number of nitrogens with two attached hydrogens (primary N) is 1. The molecule has 3 heteroatoms. The topological polar surface area (TPSA) is 55.1 Å². The van der Waals surface area contributed by atoms with Crippen LogP contribution in [0.1, 0.15) is 38.7 Å². The maximum atomic E-state index is 11.6. The largest absolute Gasteiger partial charge is 0.352 e. The molecule has 0 spiro atoms. The third-order valence-corrected chi connectivity index (χ3v) is 3.02. The number of carbonyl (C=O) groups is 1. The van der Waals surface area contributed by atoms with Gasteiger partial charge in [0.2, 0.25) is 5.91 Å². The van der Waals surface area contributed by atoms with E-state index in [0.29, 0.717) is 0 Å². The first-order chi connectivity index (χ1) is 8.63. The molecule has 0 aliphatic heterocycles. The molecule has 0 saturated carbocycles. The summed E-state index contributed by atoms with van der Waals surface area (Å²) in [4.78, 5) is 11.6. The molecule has 1 unspecified atom stereocenters. The molecule has 0 bridgehead atoms. The van der Waals surface area contributed by atoms with Crippen LogP contribution in [0.5, 0.6) is 0 Å². The van der Waals surface area contributed by atoms with Crippen LogP contribution in [-0.4, -0.2) is 18.0 Å². The Kier molecular flexibility index (Phi) is 6.44. The summed E-state index contributed by atoms with van der Waals surface area (Å²) < 4.78 is 0. The number of rotatable bonds is 7. The molecular weight excluding hydrogens is 224 g/mol. The molecule has 0 aliphatic rings. The molecule has 0 heterocycles. The molecule has 0 saturated heterocycles. The minimum atomic E-state index is -0.430. The minimum absolute atomic E-state index is 0.0542. The van der Waals surface area contributed by atoms with Crippen LogP contribution in [-0.2, 0) is 11.2 Å². The van der Waals surface area contributed by atoms with Crippen LogP contribution in [0.3, 0.4) is 0 Å². The first-order valence-corrected chi connectivity index (χ1v) is 6.73. The van der Waals surface area contributed by atoms with Crippen molar-refractivity contribution in [3.8, 4) is 0 Å². The number of nitrogens with one attached hydrogen (secondary N) is 1. The average molecular weight is 248 g/mol. The summed E-state index contributed by atoms with van der Waals surface area (Å²) >= 11 is 0. The fourth-order valence-corrected chi connectivity index (χ4v) is 1.96. The van der Waals surface area contributed by atoms with Gasteiger partial charge < -0.3 is 11.1 Å². The van der Waals surface area contributed by atoms with E-state index in [0.717, 1.165) is 25.7 Å². The SMILES string of the molecule is CCCC(CCc1ccccc1)NC(=O)[C@H](C)N. The van der Waals surface area contributed by atoms with E-state index in [-0.39, 0.29) is 11.9 Å². The molecule has 1 amide bonds. The van der Waals surface area contributed by atoms with Crippen molar-refractivity contribution < 1.29 is 4.79 Å². The maximum absolute atomic E-state index is 11.6. The van der Waals surface area contributed by atoms with Gasteiger partial charge in [-0.15, -0.1) is 0 Å². The molecule has 0 fully saturated rings. The Hall–Kier alpha value is -1.35. The first-order valence-electron chi connectivity index (χ1n) is 6.73. The zero-order valence-electron chi connectivity index (χ0n) is 11.4. The fourth-order valence-electron chi connectivity index (χ4n) is 1.96. The van der Waals surface area contributed by atoms with E-state index in [4.69, 9.17) is 5.73 Å². The van der Waals surface area contributed by atoms with E-state index in [2.05, 4.69) is 24.4 Å². The molecule has 1 rings (SSSR count). The standard InChI is InChI=1S/C15H24N2O/c1-3-7-14(17-15(18)12(2)16)11-10-13-8-5-4-6-9-13/h4-6,8-9,12,14H,3,7,10-11,16H2,1-2H3,(H,17,18)/t12-,14?/m0/s1. The molecule has 2 atom stereocenters. The summed E-state index contributed by atoms with van der Waals surface area (Å²) in [5.74, 6) is -0.0542. The molecule has 1 aromatic rings. The molecule has 1 aromatic carbocycles. The van der Waals surface area contributed by atoms with Gasteiger partial charge in [0, 0.05) is 6.04 Å². The highest BCUT2D eigenvalue weighted by Crippen LogP contribution is 2.09. The van der Waals surface area contributed by atoms with Crippen molar-refractivity contribution in [1.82, 2.24) is 5.32 Å². The highest BCUT2D eigenvalue weighted by atomic mass is 16.2. The Balaban J connectivity index is 2.45. The predicted octanol–water partition coefficient (Wildman–Crippen LogP) is 2.25. The molecule has 3 N–H and O–H groups in total. The fraction of sp³-hybridized carbons (Fsp3) is 0.533. The zero-order valence-corrected chi connectivity index (χ0v) is 11.4. The number of carbonyl (C=O) groups excluding carboxylic acids is 1. The van der Waals surface area contributed by atoms with Gasteiger partial charge in [0.25, 0.3) is 0 Å². The Bertz CT molecular complexity index is 349. The van der Waals surface area contributed by atoms with Crippen LogP contribution in [0.15, 0.2) is 30.3 Å². The number of benzene rings is 1. The molecule has 100 valence electrons. The van der Waals surface area contributed by atoms with Crippen molar-refractivity contribution >= 4 is 5.91 Å². The molecule has 0 aliphatic carbocycles. The highest BCUT2D eigenvalue weighted by molar-refractivity contribution is 5.81. The Morgan fingerprint density at radius 1 is 1.28 bits per heavy atom. The minimum Gasteiger partial charge on any atom is -0.352 e. The second-order valence-electron chi connectivity index (χ2n) is 4.81. The van der Waals surface area contributed by atoms with Crippen molar-refractivity contribution in [1.29, 1.82) is 0 Å². The zero-order chi connectivity index (χ0) is 13.4. The molecule has 0 aromatic heterocycles. The predicted molar refractivity (Wildman–Crippen MR) is 75.3 cm³/mol. The van der Waals surface area contributed by atoms with Gasteiger partial charge in [0.1, 0.15) is 0 Å². The van der Waals surface area contributed by atoms with E-state index in [9.17, 15) is 4.79 Å². The summed E-state index contributed by atoms with van der Waals surface area (Å²) in [6.45, 7) is 3.85. The number of hydrogen-bond donors (Lipinski definition) is 2. The van der Waals surface area contributed by atoms with Crippen LogP contribution in [0.25, 0.3) is 0 Å². The number of aryl methyl sites for hydroxylation is 1. The first kappa shape index (κ1) is 14.7. The van der Waals surface area contributed by atoms with Crippen molar-refractivity contribution in [2.45, 2.75) is 51.6 Å². The quantitative estimate of drug-likeness (QED) is 0.777. The highest BCUT2D eigenvalue weighted by Gasteiger charge is 2.14. The lowest BCUT2D eigenvalue weighted by molar-refractivity contribution is -0.122. The number of amides is 1. The molecule has 18 heavy (non-hydrogen) atoms. The van der Waals surface area contributed by atoms with Crippen LogP contribution < -0.4 is 11.1 Å². The van der Waals surface area contributed by atoms with Crippen LogP contribution >= 0.6 is 0 Å². The smallest absolute Gasteiger partial charge is 0.236 e. The van der Waals surface area contributed by atoms with E-state index in [1.54, 1.807) is 6.92 Å². The molecular formula is C15H24N2O. The average Bonchev–Trinajstić information content (AvgIpc) is 2.37. The monoisotopic (exact) mass is 248 g/mol. The van der Waals surface area contributed by atoms with Crippen LogP contribution in [0.4, 0.5) is 0 Å².